The average Bonchev–Trinajstić information content (AvgIpc) is 2.18. The summed E-state index contributed by atoms with van der Waals surface area (Å²) in [4.78, 5) is 0. The summed E-state index contributed by atoms with van der Waals surface area (Å²) >= 11 is 6.25. The molecule has 0 heterocycles. The topological polar surface area (TPSA) is 0 Å². The third kappa shape index (κ3) is 6.45. The van der Waals surface area contributed by atoms with Gasteiger partial charge in [-0.2, -0.15) is 0 Å². The maximum Gasteiger partial charge on any atom is 0.0336 e. The van der Waals surface area contributed by atoms with Crippen LogP contribution in [0.2, 0.25) is 0 Å². The number of hydrogen-bond donors (Lipinski definition) is 0. The smallest absolute Gasteiger partial charge is 0.0336 e. The Bertz CT molecular complexity index is 130. The predicted molar refractivity (Wildman–Crippen MR) is 69.6 cm³/mol. The molecule has 0 radical (unpaired) electrons. The average molecular weight is 231 g/mol. The van der Waals surface area contributed by atoms with Crippen molar-refractivity contribution < 1.29 is 0 Å². The molecule has 1 aliphatic carbocycles. The first kappa shape index (κ1) is 13.4. The summed E-state index contributed by atoms with van der Waals surface area (Å²) in [5, 5.41) is 0.382. The normalized spacial score (nSPS) is 25.2. The molecule has 0 aromatic carbocycles. The molecule has 0 bridgehead atoms. The number of rotatable bonds is 1. The Balaban J connectivity index is 2.25. The van der Waals surface area contributed by atoms with Gasteiger partial charge in [0.05, 0.1) is 0 Å². The third-order valence-electron chi connectivity index (χ3n) is 3.80. The van der Waals surface area contributed by atoms with Crippen molar-refractivity contribution in [2.75, 3.05) is 0 Å². The molecule has 1 rings (SSSR count). The summed E-state index contributed by atoms with van der Waals surface area (Å²) < 4.78 is 0. The molecule has 0 saturated heterocycles. The molecule has 1 fully saturated rings. The minimum atomic E-state index is 0.382. The molecule has 1 aliphatic rings. The second kappa shape index (κ2) is 8.44. The summed E-state index contributed by atoms with van der Waals surface area (Å²) in [6.45, 7) is 2.18. The minimum Gasteiger partial charge on any atom is -0.123 e. The van der Waals surface area contributed by atoms with Crippen molar-refractivity contribution in [3.63, 3.8) is 0 Å². The van der Waals surface area contributed by atoms with Crippen LogP contribution in [0.15, 0.2) is 0 Å². The highest BCUT2D eigenvalue weighted by atomic mass is 35.5. The Morgan fingerprint density at radius 2 is 1.07 bits per heavy atom. The Morgan fingerprint density at radius 1 is 0.733 bits per heavy atom. The highest BCUT2D eigenvalue weighted by Crippen LogP contribution is 2.25. The first-order valence-electron chi connectivity index (χ1n) is 6.95. The van der Waals surface area contributed by atoms with Crippen molar-refractivity contribution in [3.05, 3.63) is 0 Å². The van der Waals surface area contributed by atoms with Crippen LogP contribution in [0.1, 0.15) is 77.6 Å². The van der Waals surface area contributed by atoms with Crippen LogP contribution in [0, 0.1) is 5.92 Å². The van der Waals surface area contributed by atoms with E-state index >= 15 is 0 Å². The molecule has 0 aliphatic heterocycles. The Hall–Kier alpha value is 0.290. The molecular formula is C14H27Cl. The second-order valence-corrected chi connectivity index (χ2v) is 5.89. The highest BCUT2D eigenvalue weighted by molar-refractivity contribution is 6.20. The maximum atomic E-state index is 6.25. The lowest BCUT2D eigenvalue weighted by Crippen LogP contribution is -2.11. The van der Waals surface area contributed by atoms with Gasteiger partial charge in [-0.1, -0.05) is 57.8 Å². The maximum absolute atomic E-state index is 6.25. The zero-order valence-electron chi connectivity index (χ0n) is 10.3. The van der Waals surface area contributed by atoms with E-state index in [9.17, 15) is 0 Å². The fourth-order valence-corrected chi connectivity index (χ4v) is 2.91. The van der Waals surface area contributed by atoms with Gasteiger partial charge in [0.25, 0.3) is 0 Å². The van der Waals surface area contributed by atoms with Crippen LogP contribution in [0.25, 0.3) is 0 Å². The number of halogens is 1. The molecule has 0 amide bonds. The Kier molecular flexibility index (Phi) is 7.52. The lowest BCUT2D eigenvalue weighted by molar-refractivity contribution is 0.390. The molecule has 1 atom stereocenters. The first-order valence-corrected chi connectivity index (χ1v) is 7.38. The third-order valence-corrected chi connectivity index (χ3v) is 4.16. The van der Waals surface area contributed by atoms with Crippen molar-refractivity contribution in [1.82, 2.24) is 0 Å². The molecule has 0 nitrogen and oxygen atoms in total. The quantitative estimate of drug-likeness (QED) is 0.520. The monoisotopic (exact) mass is 230 g/mol. The van der Waals surface area contributed by atoms with Gasteiger partial charge in [-0.15, -0.1) is 11.6 Å². The number of alkyl halides is 1. The van der Waals surface area contributed by atoms with Crippen LogP contribution in [0.3, 0.4) is 0 Å². The van der Waals surface area contributed by atoms with Crippen LogP contribution < -0.4 is 0 Å². The molecule has 15 heavy (non-hydrogen) atoms. The van der Waals surface area contributed by atoms with E-state index in [0.717, 1.165) is 5.92 Å². The highest BCUT2D eigenvalue weighted by Gasteiger charge is 2.14. The van der Waals surface area contributed by atoms with E-state index in [4.69, 9.17) is 11.6 Å². The zero-order chi connectivity index (χ0) is 10.9. The van der Waals surface area contributed by atoms with Gasteiger partial charge in [0.1, 0.15) is 0 Å². The van der Waals surface area contributed by atoms with E-state index in [0.29, 0.717) is 5.38 Å². The van der Waals surface area contributed by atoms with Gasteiger partial charge in [0.15, 0.2) is 0 Å². The van der Waals surface area contributed by atoms with Gasteiger partial charge in [-0.3, -0.25) is 0 Å². The zero-order valence-corrected chi connectivity index (χ0v) is 11.1. The van der Waals surface area contributed by atoms with Crippen LogP contribution in [0.5, 0.6) is 0 Å². The summed E-state index contributed by atoms with van der Waals surface area (Å²) in [6, 6.07) is 0. The standard InChI is InChI=1S/C14H27Cl/c1-13(15)14-11-9-7-5-3-2-4-6-8-10-12-14/h13-14H,2-12H2,1H3. The van der Waals surface area contributed by atoms with E-state index < -0.39 is 0 Å². The molecule has 1 heteroatoms. The van der Waals surface area contributed by atoms with Gasteiger partial charge in [-0.05, 0) is 25.7 Å². The lowest BCUT2D eigenvalue weighted by Gasteiger charge is -2.19. The molecule has 1 saturated carbocycles. The summed E-state index contributed by atoms with van der Waals surface area (Å²) in [7, 11) is 0. The van der Waals surface area contributed by atoms with Crippen molar-refractivity contribution >= 4 is 11.6 Å². The summed E-state index contributed by atoms with van der Waals surface area (Å²) in [5.41, 5.74) is 0. The SMILES string of the molecule is CC(Cl)C1CCCCCCCCCCC1. The van der Waals surface area contributed by atoms with Gasteiger partial charge >= 0.3 is 0 Å². The molecule has 90 valence electrons. The Morgan fingerprint density at radius 3 is 1.40 bits per heavy atom. The van der Waals surface area contributed by atoms with Crippen molar-refractivity contribution in [2.24, 2.45) is 5.92 Å². The predicted octanol–water partition coefficient (Wildman–Crippen LogP) is 5.53. The van der Waals surface area contributed by atoms with E-state index in [2.05, 4.69) is 6.92 Å². The largest absolute Gasteiger partial charge is 0.123 e. The molecule has 0 aromatic rings. The van der Waals surface area contributed by atoms with Crippen molar-refractivity contribution in [3.8, 4) is 0 Å². The van der Waals surface area contributed by atoms with E-state index in [-0.39, 0.29) is 0 Å². The number of hydrogen-bond acceptors (Lipinski definition) is 0. The first-order chi connectivity index (χ1) is 7.30. The molecule has 0 aromatic heterocycles. The molecule has 1 unspecified atom stereocenters. The molecular weight excluding hydrogens is 204 g/mol. The van der Waals surface area contributed by atoms with Crippen LogP contribution in [0.4, 0.5) is 0 Å². The second-order valence-electron chi connectivity index (χ2n) is 5.20. The van der Waals surface area contributed by atoms with Gasteiger partial charge in [0.2, 0.25) is 0 Å². The van der Waals surface area contributed by atoms with Gasteiger partial charge in [0, 0.05) is 5.38 Å². The fourth-order valence-electron chi connectivity index (χ4n) is 2.65. The van der Waals surface area contributed by atoms with E-state index in [1.54, 1.807) is 0 Å². The van der Waals surface area contributed by atoms with Crippen LogP contribution in [-0.2, 0) is 0 Å². The van der Waals surface area contributed by atoms with Gasteiger partial charge in [-0.25, -0.2) is 0 Å². The summed E-state index contributed by atoms with van der Waals surface area (Å²) in [6.07, 6.45) is 15.7. The van der Waals surface area contributed by atoms with Gasteiger partial charge < -0.3 is 0 Å². The van der Waals surface area contributed by atoms with Crippen LogP contribution >= 0.6 is 11.6 Å². The Labute approximate surface area is 101 Å². The summed E-state index contributed by atoms with van der Waals surface area (Å²) in [5.74, 6) is 0.783. The lowest BCUT2D eigenvalue weighted by atomic mass is 9.91. The molecule has 0 N–H and O–H groups in total. The minimum absolute atomic E-state index is 0.382. The van der Waals surface area contributed by atoms with Crippen molar-refractivity contribution in [2.45, 2.75) is 82.9 Å². The van der Waals surface area contributed by atoms with E-state index in [1.807, 2.05) is 0 Å². The van der Waals surface area contributed by atoms with Crippen molar-refractivity contribution in [1.29, 1.82) is 0 Å². The van der Waals surface area contributed by atoms with E-state index in [1.165, 1.54) is 70.6 Å². The molecule has 0 spiro atoms. The fraction of sp³-hybridized carbons (Fsp3) is 1.00. The van der Waals surface area contributed by atoms with Crippen LogP contribution in [-0.4, -0.2) is 5.38 Å².